The van der Waals surface area contributed by atoms with Gasteiger partial charge >= 0.3 is 19.8 Å². The second kappa shape index (κ2) is 25.1. The van der Waals surface area contributed by atoms with Gasteiger partial charge in [0.15, 0.2) is 6.10 Å². The molecule has 0 bridgehead atoms. The Labute approximate surface area is 224 Å². The highest BCUT2D eigenvalue weighted by atomic mass is 31.2. The molecule has 9 nitrogen and oxygen atoms in total. The molecule has 0 radical (unpaired) electrons. The number of phosphoric acid groups is 1. The van der Waals surface area contributed by atoms with Gasteiger partial charge in [-0.1, -0.05) is 83.3 Å². The SMILES string of the molecule is CCCCCCCC/C=C\CCCCCCCCCC(=O)OC(COC(C)=O)COP(=O)(O)OCCN. The van der Waals surface area contributed by atoms with Crippen molar-refractivity contribution < 1.29 is 37.6 Å². The number of unbranched alkanes of at least 4 members (excludes halogenated alkanes) is 13. The first-order valence-electron chi connectivity index (χ1n) is 14.1. The topological polar surface area (TPSA) is 134 Å². The average molecular weight is 550 g/mol. The normalized spacial score (nSPS) is 13.9. The first kappa shape index (κ1) is 35.8. The van der Waals surface area contributed by atoms with Crippen molar-refractivity contribution in [2.45, 2.75) is 123 Å². The number of allylic oxidation sites excluding steroid dienone is 2. The molecule has 0 aromatic carbocycles. The maximum absolute atomic E-state index is 12.2. The molecular formula is C27H52NO8P. The molecule has 0 heterocycles. The Balaban J connectivity index is 3.84. The molecule has 0 aliphatic rings. The highest BCUT2D eigenvalue weighted by molar-refractivity contribution is 7.47. The van der Waals surface area contributed by atoms with Crippen molar-refractivity contribution >= 4 is 19.8 Å². The maximum atomic E-state index is 12.2. The van der Waals surface area contributed by atoms with E-state index < -0.39 is 32.5 Å². The summed E-state index contributed by atoms with van der Waals surface area (Å²) < 4.78 is 31.3. The highest BCUT2D eigenvalue weighted by Crippen LogP contribution is 2.43. The minimum absolute atomic E-state index is 0.0521. The zero-order valence-corrected chi connectivity index (χ0v) is 24.1. The second-order valence-corrected chi connectivity index (χ2v) is 10.8. The Morgan fingerprint density at radius 1 is 0.838 bits per heavy atom. The van der Waals surface area contributed by atoms with Crippen LogP contribution >= 0.6 is 7.82 Å². The lowest BCUT2D eigenvalue weighted by molar-refractivity contribution is -0.160. The number of phosphoric ester groups is 1. The van der Waals surface area contributed by atoms with E-state index in [1.165, 1.54) is 71.1 Å². The van der Waals surface area contributed by atoms with E-state index >= 15 is 0 Å². The van der Waals surface area contributed by atoms with Crippen molar-refractivity contribution in [1.82, 2.24) is 0 Å². The zero-order valence-electron chi connectivity index (χ0n) is 23.2. The van der Waals surface area contributed by atoms with Gasteiger partial charge < -0.3 is 20.1 Å². The number of hydrogen-bond donors (Lipinski definition) is 2. The van der Waals surface area contributed by atoms with Gasteiger partial charge in [0.05, 0.1) is 13.2 Å². The van der Waals surface area contributed by atoms with Crippen LogP contribution in [0.5, 0.6) is 0 Å². The van der Waals surface area contributed by atoms with E-state index in [0.29, 0.717) is 6.42 Å². The number of hydrogen-bond acceptors (Lipinski definition) is 8. The maximum Gasteiger partial charge on any atom is 0.472 e. The van der Waals surface area contributed by atoms with Crippen LogP contribution in [0, 0.1) is 0 Å². The third-order valence-corrected chi connectivity index (χ3v) is 6.69. The van der Waals surface area contributed by atoms with Gasteiger partial charge in [-0.2, -0.15) is 0 Å². The molecule has 0 aromatic heterocycles. The van der Waals surface area contributed by atoms with Gasteiger partial charge in [0.25, 0.3) is 0 Å². The fourth-order valence-corrected chi connectivity index (χ4v) is 4.41. The van der Waals surface area contributed by atoms with Gasteiger partial charge in [0.1, 0.15) is 6.61 Å². The van der Waals surface area contributed by atoms with Crippen molar-refractivity contribution in [2.75, 3.05) is 26.4 Å². The fraction of sp³-hybridized carbons (Fsp3) is 0.852. The van der Waals surface area contributed by atoms with Crippen LogP contribution in [0.25, 0.3) is 0 Å². The van der Waals surface area contributed by atoms with Crippen LogP contribution in [0.2, 0.25) is 0 Å². The predicted molar refractivity (Wildman–Crippen MR) is 146 cm³/mol. The Morgan fingerprint density at radius 3 is 1.92 bits per heavy atom. The standard InChI is InChI=1S/C27H52NO8P/c1-3-4-5-6-7-8-9-10-11-12-13-14-15-16-17-18-19-20-27(30)36-26(23-33-25(2)29)24-35-37(31,32)34-22-21-28/h10-11,26H,3-9,12-24,28H2,1-2H3,(H,31,32)/b11-10-. The summed E-state index contributed by atoms with van der Waals surface area (Å²) in [5, 5.41) is 0. The van der Waals surface area contributed by atoms with Crippen LogP contribution in [0.4, 0.5) is 0 Å². The van der Waals surface area contributed by atoms with E-state index in [4.69, 9.17) is 19.7 Å². The molecule has 0 saturated carbocycles. The van der Waals surface area contributed by atoms with Crippen LogP contribution in [0.3, 0.4) is 0 Å². The summed E-state index contributed by atoms with van der Waals surface area (Å²) in [5.41, 5.74) is 5.23. The number of ether oxygens (including phenoxy) is 2. The van der Waals surface area contributed by atoms with Gasteiger partial charge in [0, 0.05) is 19.9 Å². The summed E-state index contributed by atoms with van der Waals surface area (Å²) in [5.74, 6) is -1.03. The Kier molecular flexibility index (Phi) is 24.2. The van der Waals surface area contributed by atoms with E-state index in [1.807, 2.05) is 0 Å². The van der Waals surface area contributed by atoms with Crippen LogP contribution in [-0.4, -0.2) is 49.3 Å². The molecule has 2 atom stereocenters. The summed E-state index contributed by atoms with van der Waals surface area (Å²) >= 11 is 0. The average Bonchev–Trinajstić information content (AvgIpc) is 2.86. The van der Waals surface area contributed by atoms with Crippen molar-refractivity contribution in [3.8, 4) is 0 Å². The quantitative estimate of drug-likeness (QED) is 0.0546. The molecule has 0 aliphatic heterocycles. The van der Waals surface area contributed by atoms with Crippen molar-refractivity contribution in [3.63, 3.8) is 0 Å². The summed E-state index contributed by atoms with van der Waals surface area (Å²) in [6, 6.07) is 0. The first-order valence-corrected chi connectivity index (χ1v) is 15.6. The van der Waals surface area contributed by atoms with E-state index in [9.17, 15) is 19.0 Å². The molecule has 0 fully saturated rings. The number of carbonyl (C=O) groups excluding carboxylic acids is 2. The number of nitrogens with two attached hydrogens (primary N) is 1. The van der Waals surface area contributed by atoms with Crippen LogP contribution < -0.4 is 5.73 Å². The number of esters is 2. The van der Waals surface area contributed by atoms with E-state index in [1.54, 1.807) is 0 Å². The molecule has 0 amide bonds. The van der Waals surface area contributed by atoms with Gasteiger partial charge in [-0.05, 0) is 32.1 Å². The summed E-state index contributed by atoms with van der Waals surface area (Å²) in [6.45, 7) is 2.65. The van der Waals surface area contributed by atoms with Gasteiger partial charge in [-0.25, -0.2) is 4.57 Å². The van der Waals surface area contributed by atoms with E-state index in [2.05, 4.69) is 23.6 Å². The monoisotopic (exact) mass is 549 g/mol. The van der Waals surface area contributed by atoms with E-state index in [-0.39, 0.29) is 26.2 Å². The first-order chi connectivity index (χ1) is 17.8. The minimum Gasteiger partial charge on any atom is -0.462 e. The van der Waals surface area contributed by atoms with Crippen molar-refractivity contribution in [2.24, 2.45) is 5.73 Å². The molecule has 0 spiro atoms. The zero-order chi connectivity index (χ0) is 27.6. The second-order valence-electron chi connectivity index (χ2n) is 9.34. The van der Waals surface area contributed by atoms with Crippen LogP contribution in [0.15, 0.2) is 12.2 Å². The molecule has 0 saturated heterocycles. The highest BCUT2D eigenvalue weighted by Gasteiger charge is 2.25. The predicted octanol–water partition coefficient (Wildman–Crippen LogP) is 6.37. The third-order valence-electron chi connectivity index (χ3n) is 5.71. The molecule has 0 rings (SSSR count). The van der Waals surface area contributed by atoms with Crippen LogP contribution in [-0.2, 0) is 32.7 Å². The Bertz CT molecular complexity index is 644. The van der Waals surface area contributed by atoms with E-state index in [0.717, 1.165) is 25.7 Å². The molecule has 3 N–H and O–H groups in total. The summed E-state index contributed by atoms with van der Waals surface area (Å²) in [6.07, 6.45) is 21.8. The largest absolute Gasteiger partial charge is 0.472 e. The Hall–Kier alpha value is -1.25. The smallest absolute Gasteiger partial charge is 0.462 e. The molecule has 2 unspecified atom stereocenters. The van der Waals surface area contributed by atoms with Crippen LogP contribution in [0.1, 0.15) is 117 Å². The van der Waals surface area contributed by atoms with Gasteiger partial charge in [-0.3, -0.25) is 18.6 Å². The molecular weight excluding hydrogens is 497 g/mol. The lowest BCUT2D eigenvalue weighted by Gasteiger charge is -2.19. The van der Waals surface area contributed by atoms with Crippen molar-refractivity contribution in [3.05, 3.63) is 12.2 Å². The number of carbonyl (C=O) groups is 2. The third kappa shape index (κ3) is 26.2. The minimum atomic E-state index is -4.33. The molecule has 10 heteroatoms. The number of rotatable bonds is 26. The molecule has 0 aromatic rings. The van der Waals surface area contributed by atoms with Crippen molar-refractivity contribution in [1.29, 1.82) is 0 Å². The summed E-state index contributed by atoms with van der Waals surface area (Å²) in [4.78, 5) is 32.8. The Morgan fingerprint density at radius 2 is 1.38 bits per heavy atom. The lowest BCUT2D eigenvalue weighted by Crippen LogP contribution is -2.29. The lowest BCUT2D eigenvalue weighted by atomic mass is 10.1. The van der Waals surface area contributed by atoms with Gasteiger partial charge in [0.2, 0.25) is 0 Å². The molecule has 218 valence electrons. The summed E-state index contributed by atoms with van der Waals surface area (Å²) in [7, 11) is -4.33. The molecule has 0 aliphatic carbocycles. The van der Waals surface area contributed by atoms with Gasteiger partial charge in [-0.15, -0.1) is 0 Å². The molecule has 37 heavy (non-hydrogen) atoms. The fourth-order valence-electron chi connectivity index (χ4n) is 3.65.